The van der Waals surface area contributed by atoms with Crippen LogP contribution < -0.4 is 16.4 Å². The second kappa shape index (κ2) is 9.96. The zero-order chi connectivity index (χ0) is 17.4. The minimum Gasteiger partial charge on any atom is -0.351 e. The van der Waals surface area contributed by atoms with Crippen LogP contribution in [0.25, 0.3) is 0 Å². The second-order valence-electron chi connectivity index (χ2n) is 6.36. The van der Waals surface area contributed by atoms with Gasteiger partial charge in [-0.15, -0.1) is 0 Å². The molecule has 1 rings (SSSR count). The van der Waals surface area contributed by atoms with Crippen LogP contribution in [0.4, 0.5) is 0 Å². The number of carbonyl (C=O) groups is 1. The SMILES string of the molecule is CCC(C)[C@H](NC[C@@H](N)CS)C(=O)NCc1ccc(C)cc1C. The molecule has 1 aromatic rings. The van der Waals surface area contributed by atoms with Gasteiger partial charge in [-0.2, -0.15) is 12.6 Å². The number of hydrogen-bond acceptors (Lipinski definition) is 4. The van der Waals surface area contributed by atoms with Crippen LogP contribution in [0.5, 0.6) is 0 Å². The van der Waals surface area contributed by atoms with Gasteiger partial charge in [-0.25, -0.2) is 0 Å². The first-order valence-electron chi connectivity index (χ1n) is 8.32. The molecular weight excluding hydrogens is 306 g/mol. The van der Waals surface area contributed by atoms with E-state index in [9.17, 15) is 4.79 Å². The Bertz CT molecular complexity index is 507. The molecule has 130 valence electrons. The predicted octanol–water partition coefficient (Wildman–Crippen LogP) is 2.18. The van der Waals surface area contributed by atoms with Crippen LogP contribution in [0.15, 0.2) is 18.2 Å². The number of aryl methyl sites for hydroxylation is 2. The van der Waals surface area contributed by atoms with Crippen molar-refractivity contribution < 1.29 is 4.79 Å². The highest BCUT2D eigenvalue weighted by Crippen LogP contribution is 2.12. The number of benzene rings is 1. The van der Waals surface area contributed by atoms with Crippen LogP contribution in [0, 0.1) is 19.8 Å². The quantitative estimate of drug-likeness (QED) is 0.522. The molecule has 0 spiro atoms. The Labute approximate surface area is 146 Å². The molecule has 0 aliphatic carbocycles. The summed E-state index contributed by atoms with van der Waals surface area (Å²) in [6.07, 6.45) is 0.935. The normalized spacial score (nSPS) is 15.0. The Hall–Kier alpha value is -1.04. The Balaban J connectivity index is 2.65. The van der Waals surface area contributed by atoms with Crippen molar-refractivity contribution in [3.8, 4) is 0 Å². The van der Waals surface area contributed by atoms with E-state index < -0.39 is 0 Å². The molecule has 0 saturated heterocycles. The molecule has 0 aliphatic rings. The molecule has 0 heterocycles. The van der Waals surface area contributed by atoms with Crippen molar-refractivity contribution in [3.05, 3.63) is 34.9 Å². The predicted molar refractivity (Wildman–Crippen MR) is 101 cm³/mol. The summed E-state index contributed by atoms with van der Waals surface area (Å²) in [7, 11) is 0. The third-order valence-electron chi connectivity index (χ3n) is 4.28. The molecule has 1 unspecified atom stereocenters. The van der Waals surface area contributed by atoms with Crippen LogP contribution in [-0.2, 0) is 11.3 Å². The standard InChI is InChI=1S/C18H31N3OS/c1-5-13(3)17(20-10-16(19)11-23)18(22)21-9-15-7-6-12(2)8-14(15)4/h6-8,13,16-17,20,23H,5,9-11,19H2,1-4H3,(H,21,22)/t13?,16-,17+/m1/s1. The lowest BCUT2D eigenvalue weighted by molar-refractivity contribution is -0.124. The molecule has 5 heteroatoms. The Morgan fingerprint density at radius 1 is 1.35 bits per heavy atom. The van der Waals surface area contributed by atoms with E-state index in [4.69, 9.17) is 5.73 Å². The monoisotopic (exact) mass is 337 g/mol. The average Bonchev–Trinajstić information content (AvgIpc) is 2.53. The fourth-order valence-electron chi connectivity index (χ4n) is 2.47. The zero-order valence-electron chi connectivity index (χ0n) is 14.7. The number of nitrogens with one attached hydrogen (secondary N) is 2. The topological polar surface area (TPSA) is 67.1 Å². The summed E-state index contributed by atoms with van der Waals surface area (Å²) in [4.78, 5) is 12.6. The molecule has 3 atom stereocenters. The van der Waals surface area contributed by atoms with Gasteiger partial charge in [0.25, 0.3) is 0 Å². The van der Waals surface area contributed by atoms with Crippen LogP contribution in [0.2, 0.25) is 0 Å². The van der Waals surface area contributed by atoms with Gasteiger partial charge in [-0.05, 0) is 30.9 Å². The first-order chi connectivity index (χ1) is 10.9. The summed E-state index contributed by atoms with van der Waals surface area (Å²) in [6.45, 7) is 9.47. The molecule has 1 aromatic carbocycles. The van der Waals surface area contributed by atoms with Crippen molar-refractivity contribution in [2.45, 2.75) is 52.7 Å². The van der Waals surface area contributed by atoms with Gasteiger partial charge in [0.2, 0.25) is 5.91 Å². The summed E-state index contributed by atoms with van der Waals surface area (Å²) >= 11 is 4.19. The summed E-state index contributed by atoms with van der Waals surface area (Å²) in [5, 5.41) is 6.35. The van der Waals surface area contributed by atoms with E-state index in [1.807, 2.05) is 0 Å². The van der Waals surface area contributed by atoms with Crippen molar-refractivity contribution in [2.24, 2.45) is 11.7 Å². The molecule has 0 aromatic heterocycles. The molecule has 0 fully saturated rings. The number of thiol groups is 1. The molecular formula is C18H31N3OS. The van der Waals surface area contributed by atoms with E-state index in [0.717, 1.165) is 12.0 Å². The molecule has 0 saturated carbocycles. The zero-order valence-corrected chi connectivity index (χ0v) is 15.6. The van der Waals surface area contributed by atoms with Gasteiger partial charge in [0.05, 0.1) is 6.04 Å². The van der Waals surface area contributed by atoms with E-state index in [1.165, 1.54) is 11.1 Å². The molecule has 23 heavy (non-hydrogen) atoms. The van der Waals surface area contributed by atoms with E-state index in [1.54, 1.807) is 0 Å². The molecule has 0 radical (unpaired) electrons. The minimum atomic E-state index is -0.225. The summed E-state index contributed by atoms with van der Waals surface area (Å²) < 4.78 is 0. The van der Waals surface area contributed by atoms with E-state index in [-0.39, 0.29) is 23.9 Å². The van der Waals surface area contributed by atoms with Gasteiger partial charge in [0.15, 0.2) is 0 Å². The lowest BCUT2D eigenvalue weighted by Crippen LogP contribution is -2.51. The molecule has 4 nitrogen and oxygen atoms in total. The Kier molecular flexibility index (Phi) is 8.66. The number of hydrogen-bond donors (Lipinski definition) is 4. The Morgan fingerprint density at radius 3 is 2.61 bits per heavy atom. The van der Waals surface area contributed by atoms with Gasteiger partial charge >= 0.3 is 0 Å². The van der Waals surface area contributed by atoms with Crippen molar-refractivity contribution in [1.82, 2.24) is 10.6 Å². The van der Waals surface area contributed by atoms with Crippen LogP contribution in [0.3, 0.4) is 0 Å². The third-order valence-corrected chi connectivity index (χ3v) is 4.75. The van der Waals surface area contributed by atoms with Crippen molar-refractivity contribution in [1.29, 1.82) is 0 Å². The number of nitrogens with two attached hydrogens (primary N) is 1. The van der Waals surface area contributed by atoms with Crippen molar-refractivity contribution in [2.75, 3.05) is 12.3 Å². The molecule has 1 amide bonds. The fourth-order valence-corrected chi connectivity index (χ4v) is 2.60. The third kappa shape index (κ3) is 6.53. The second-order valence-corrected chi connectivity index (χ2v) is 6.73. The maximum absolute atomic E-state index is 12.6. The number of carbonyl (C=O) groups excluding carboxylic acids is 1. The number of rotatable bonds is 9. The van der Waals surface area contributed by atoms with Gasteiger partial charge in [0, 0.05) is 24.9 Å². The van der Waals surface area contributed by atoms with Gasteiger partial charge < -0.3 is 16.4 Å². The maximum Gasteiger partial charge on any atom is 0.237 e. The molecule has 0 bridgehead atoms. The Morgan fingerprint density at radius 2 is 2.04 bits per heavy atom. The van der Waals surface area contributed by atoms with Crippen LogP contribution >= 0.6 is 12.6 Å². The van der Waals surface area contributed by atoms with E-state index in [2.05, 4.69) is 69.2 Å². The van der Waals surface area contributed by atoms with Gasteiger partial charge in [0.1, 0.15) is 0 Å². The number of amides is 1. The van der Waals surface area contributed by atoms with Crippen molar-refractivity contribution >= 4 is 18.5 Å². The van der Waals surface area contributed by atoms with Crippen molar-refractivity contribution in [3.63, 3.8) is 0 Å². The average molecular weight is 338 g/mol. The van der Waals surface area contributed by atoms with Crippen LogP contribution in [0.1, 0.15) is 37.0 Å². The van der Waals surface area contributed by atoms with E-state index in [0.29, 0.717) is 18.8 Å². The lowest BCUT2D eigenvalue weighted by atomic mass is 9.97. The molecule has 0 aliphatic heterocycles. The first-order valence-corrected chi connectivity index (χ1v) is 8.95. The summed E-state index contributed by atoms with van der Waals surface area (Å²) in [5.41, 5.74) is 9.48. The largest absolute Gasteiger partial charge is 0.351 e. The maximum atomic E-state index is 12.6. The fraction of sp³-hybridized carbons (Fsp3) is 0.611. The highest BCUT2D eigenvalue weighted by atomic mass is 32.1. The molecule has 4 N–H and O–H groups in total. The first kappa shape index (κ1) is 20.0. The minimum absolute atomic E-state index is 0.0330. The highest BCUT2D eigenvalue weighted by molar-refractivity contribution is 7.80. The summed E-state index contributed by atoms with van der Waals surface area (Å²) in [6, 6.07) is 6.02. The summed E-state index contributed by atoms with van der Waals surface area (Å²) in [5.74, 6) is 0.886. The van der Waals surface area contributed by atoms with E-state index >= 15 is 0 Å². The van der Waals surface area contributed by atoms with Gasteiger partial charge in [-0.3, -0.25) is 4.79 Å². The smallest absolute Gasteiger partial charge is 0.237 e. The highest BCUT2D eigenvalue weighted by Gasteiger charge is 2.23. The lowest BCUT2D eigenvalue weighted by Gasteiger charge is -2.25. The van der Waals surface area contributed by atoms with Crippen LogP contribution in [-0.4, -0.2) is 30.3 Å². The van der Waals surface area contributed by atoms with Gasteiger partial charge in [-0.1, -0.05) is 44.0 Å².